The number of hydrogen-bond donors (Lipinski definition) is 1. The Balaban J connectivity index is 1.03. The summed E-state index contributed by atoms with van der Waals surface area (Å²) in [6.45, 7) is 0. The van der Waals surface area contributed by atoms with Gasteiger partial charge in [-0.3, -0.25) is 0 Å². The highest BCUT2D eigenvalue weighted by Gasteiger charge is 2.27. The molecule has 0 spiro atoms. The van der Waals surface area contributed by atoms with E-state index in [2.05, 4.69) is 131 Å². The standard InChI is InChI=1S/C48H33N3O2/c49-31-37(48(52)53)24-32-16-18-41(19-17-32)51(40-14-8-3-9-15-40)43-21-23-45-34(28-43)26-36-30-46-35(29-47(36)45)25-33-27-42(20-22-44(33)46)50(38-10-4-1-5-11-38)39-12-6-2-7-13-39/h1-24,27-30H,25-26H2,(H,52,53)/b37-24+. The fourth-order valence-corrected chi connectivity index (χ4v) is 7.80. The fourth-order valence-electron chi connectivity index (χ4n) is 7.80. The van der Waals surface area contributed by atoms with Gasteiger partial charge in [0.15, 0.2) is 0 Å². The largest absolute Gasteiger partial charge is 0.477 e. The summed E-state index contributed by atoms with van der Waals surface area (Å²) in [5.74, 6) is -1.24. The first kappa shape index (κ1) is 31.8. The fraction of sp³-hybridized carbons (Fsp3) is 0.0417. The van der Waals surface area contributed by atoms with Gasteiger partial charge in [-0.1, -0.05) is 78.9 Å². The number of anilines is 6. The number of rotatable bonds is 8. The molecule has 0 fully saturated rings. The molecule has 0 unspecified atom stereocenters. The maximum Gasteiger partial charge on any atom is 0.346 e. The molecule has 0 saturated heterocycles. The van der Waals surface area contributed by atoms with Crippen molar-refractivity contribution >= 4 is 46.2 Å². The van der Waals surface area contributed by atoms with Crippen molar-refractivity contribution in [1.82, 2.24) is 0 Å². The molecule has 7 aromatic carbocycles. The molecule has 0 saturated carbocycles. The number of nitriles is 1. The molecule has 0 aliphatic heterocycles. The van der Waals surface area contributed by atoms with Crippen LogP contribution in [0.15, 0.2) is 169 Å². The number of fused-ring (bicyclic) bond motifs is 6. The highest BCUT2D eigenvalue weighted by atomic mass is 16.4. The van der Waals surface area contributed by atoms with E-state index in [1.165, 1.54) is 50.6 Å². The van der Waals surface area contributed by atoms with Gasteiger partial charge >= 0.3 is 5.97 Å². The summed E-state index contributed by atoms with van der Waals surface area (Å²) in [4.78, 5) is 15.9. The van der Waals surface area contributed by atoms with Crippen LogP contribution in [0.25, 0.3) is 28.3 Å². The van der Waals surface area contributed by atoms with E-state index in [0.717, 1.165) is 47.0 Å². The van der Waals surface area contributed by atoms with Crippen LogP contribution in [0.2, 0.25) is 0 Å². The maximum absolute atomic E-state index is 11.4. The molecule has 2 aliphatic rings. The van der Waals surface area contributed by atoms with E-state index in [-0.39, 0.29) is 5.57 Å². The van der Waals surface area contributed by atoms with Gasteiger partial charge in [0.05, 0.1) is 0 Å². The number of aliphatic carboxylic acids is 1. The second-order valence-corrected chi connectivity index (χ2v) is 13.4. The minimum Gasteiger partial charge on any atom is -0.477 e. The zero-order valence-electron chi connectivity index (χ0n) is 28.8. The van der Waals surface area contributed by atoms with Crippen molar-refractivity contribution in [3.63, 3.8) is 0 Å². The third-order valence-electron chi connectivity index (χ3n) is 10.2. The number of carboxylic acid groups (broad SMARTS) is 1. The van der Waals surface area contributed by atoms with Crippen LogP contribution >= 0.6 is 0 Å². The number of nitrogens with zero attached hydrogens (tertiary/aromatic N) is 3. The average molecular weight is 684 g/mol. The summed E-state index contributed by atoms with van der Waals surface area (Å²) >= 11 is 0. The second kappa shape index (κ2) is 13.2. The summed E-state index contributed by atoms with van der Waals surface area (Å²) in [6, 6.07) is 59.1. The lowest BCUT2D eigenvalue weighted by molar-refractivity contribution is -0.132. The molecule has 5 nitrogen and oxygen atoms in total. The van der Waals surface area contributed by atoms with Crippen LogP contribution in [0.5, 0.6) is 0 Å². The molecule has 252 valence electrons. The Labute approximate surface area is 308 Å². The minimum absolute atomic E-state index is 0.298. The molecule has 0 heterocycles. The molecule has 2 aliphatic carbocycles. The third kappa shape index (κ3) is 5.83. The molecule has 1 N–H and O–H groups in total. The predicted molar refractivity (Wildman–Crippen MR) is 214 cm³/mol. The Hall–Kier alpha value is -7.16. The van der Waals surface area contributed by atoms with Crippen molar-refractivity contribution in [2.45, 2.75) is 12.8 Å². The van der Waals surface area contributed by atoms with Crippen molar-refractivity contribution < 1.29 is 9.90 Å². The molecule has 0 bridgehead atoms. The van der Waals surface area contributed by atoms with E-state index in [4.69, 9.17) is 0 Å². The number of hydrogen-bond acceptors (Lipinski definition) is 4. The van der Waals surface area contributed by atoms with E-state index >= 15 is 0 Å². The van der Waals surface area contributed by atoms with Crippen LogP contribution in [-0.2, 0) is 17.6 Å². The van der Waals surface area contributed by atoms with Crippen LogP contribution in [0, 0.1) is 11.3 Å². The number of carboxylic acids is 1. The minimum atomic E-state index is -1.24. The van der Waals surface area contributed by atoms with Crippen molar-refractivity contribution in [3.05, 3.63) is 197 Å². The van der Waals surface area contributed by atoms with Gasteiger partial charge in [-0.15, -0.1) is 0 Å². The first-order valence-corrected chi connectivity index (χ1v) is 17.7. The van der Waals surface area contributed by atoms with Crippen LogP contribution in [0.3, 0.4) is 0 Å². The number of benzene rings is 7. The summed E-state index contributed by atoms with van der Waals surface area (Å²) in [5.41, 5.74) is 17.3. The molecule has 9 rings (SSSR count). The molecule has 5 heteroatoms. The summed E-state index contributed by atoms with van der Waals surface area (Å²) in [6.07, 6.45) is 3.14. The molecular formula is C48H33N3O2. The number of para-hydroxylation sites is 3. The SMILES string of the molecule is N#C/C(=C\c1ccc(N(c2ccccc2)c2ccc3c(c2)Cc2cc4c(cc2-3)Cc2cc(N(c3ccccc3)c3ccccc3)ccc2-4)cc1)C(=O)O. The van der Waals surface area contributed by atoms with E-state index < -0.39 is 5.97 Å². The van der Waals surface area contributed by atoms with Gasteiger partial charge in [-0.05, 0) is 154 Å². The van der Waals surface area contributed by atoms with Gasteiger partial charge in [0.2, 0.25) is 0 Å². The Bertz CT molecular complexity index is 2550. The quantitative estimate of drug-likeness (QED) is 0.128. The van der Waals surface area contributed by atoms with Gasteiger partial charge in [0, 0.05) is 34.1 Å². The van der Waals surface area contributed by atoms with Crippen LogP contribution in [0.1, 0.15) is 27.8 Å². The Morgan fingerprint density at radius 1 is 0.491 bits per heavy atom. The van der Waals surface area contributed by atoms with E-state index in [0.29, 0.717) is 5.56 Å². The lowest BCUT2D eigenvalue weighted by atomic mass is 9.98. The molecule has 0 aromatic heterocycles. The van der Waals surface area contributed by atoms with E-state index in [1.54, 1.807) is 6.07 Å². The molecule has 0 atom stereocenters. The zero-order valence-corrected chi connectivity index (χ0v) is 28.8. The van der Waals surface area contributed by atoms with Gasteiger partial charge in [-0.25, -0.2) is 4.79 Å². The predicted octanol–water partition coefficient (Wildman–Crippen LogP) is 11.8. The molecule has 0 radical (unpaired) electrons. The second-order valence-electron chi connectivity index (χ2n) is 13.4. The first-order chi connectivity index (χ1) is 26.0. The summed E-state index contributed by atoms with van der Waals surface area (Å²) in [5, 5.41) is 18.5. The lowest BCUT2D eigenvalue weighted by Crippen LogP contribution is -2.10. The topological polar surface area (TPSA) is 67.6 Å². The summed E-state index contributed by atoms with van der Waals surface area (Å²) < 4.78 is 0. The zero-order chi connectivity index (χ0) is 35.9. The summed E-state index contributed by atoms with van der Waals surface area (Å²) in [7, 11) is 0. The van der Waals surface area contributed by atoms with Crippen LogP contribution in [-0.4, -0.2) is 11.1 Å². The van der Waals surface area contributed by atoms with Crippen molar-refractivity contribution in [1.29, 1.82) is 5.26 Å². The highest BCUT2D eigenvalue weighted by Crippen LogP contribution is 2.48. The van der Waals surface area contributed by atoms with Crippen LogP contribution < -0.4 is 9.80 Å². The first-order valence-electron chi connectivity index (χ1n) is 17.7. The highest BCUT2D eigenvalue weighted by molar-refractivity contribution is 5.96. The third-order valence-corrected chi connectivity index (χ3v) is 10.2. The van der Waals surface area contributed by atoms with Crippen molar-refractivity contribution in [3.8, 4) is 28.3 Å². The van der Waals surface area contributed by atoms with Crippen LogP contribution in [0.4, 0.5) is 34.1 Å². The Morgan fingerprint density at radius 3 is 1.26 bits per heavy atom. The van der Waals surface area contributed by atoms with Gasteiger partial charge < -0.3 is 14.9 Å². The van der Waals surface area contributed by atoms with Gasteiger partial charge in [-0.2, -0.15) is 5.26 Å². The lowest BCUT2D eigenvalue weighted by Gasteiger charge is -2.26. The van der Waals surface area contributed by atoms with Gasteiger partial charge in [0.1, 0.15) is 11.6 Å². The molecular weight excluding hydrogens is 651 g/mol. The Kier molecular flexibility index (Phi) is 7.91. The van der Waals surface area contributed by atoms with Crippen molar-refractivity contribution in [2.75, 3.05) is 9.80 Å². The van der Waals surface area contributed by atoms with E-state index in [1.807, 2.05) is 42.5 Å². The monoisotopic (exact) mass is 683 g/mol. The Morgan fingerprint density at radius 2 is 0.868 bits per heavy atom. The van der Waals surface area contributed by atoms with E-state index in [9.17, 15) is 15.2 Å². The smallest absolute Gasteiger partial charge is 0.346 e. The normalized spacial score (nSPS) is 12.2. The van der Waals surface area contributed by atoms with Gasteiger partial charge in [0.25, 0.3) is 0 Å². The molecule has 53 heavy (non-hydrogen) atoms. The molecule has 0 amide bonds. The van der Waals surface area contributed by atoms with Crippen molar-refractivity contribution in [2.24, 2.45) is 0 Å². The molecule has 7 aromatic rings. The maximum atomic E-state index is 11.4. The number of carbonyl (C=O) groups is 1. The average Bonchev–Trinajstić information content (AvgIpc) is 3.74.